The van der Waals surface area contributed by atoms with Gasteiger partial charge in [-0.3, -0.25) is 4.98 Å². The van der Waals surface area contributed by atoms with Crippen molar-refractivity contribution in [1.82, 2.24) is 4.98 Å². The van der Waals surface area contributed by atoms with E-state index < -0.39 is 5.97 Å². The summed E-state index contributed by atoms with van der Waals surface area (Å²) in [5.41, 5.74) is 0.940. The summed E-state index contributed by atoms with van der Waals surface area (Å²) in [5.74, 6) is 0.112. The Bertz CT molecular complexity index is 657. The molecule has 0 spiro atoms. The molecule has 1 aliphatic rings. The number of hydrogen-bond acceptors (Lipinski definition) is 5. The van der Waals surface area contributed by atoms with Crippen molar-refractivity contribution in [2.24, 2.45) is 0 Å². The molecule has 0 saturated heterocycles. The van der Waals surface area contributed by atoms with Crippen LogP contribution in [0.4, 0.5) is 0 Å². The number of nitrogens with zero attached hydrogens (tertiary/aromatic N) is 1. The number of ether oxygens (including phenoxy) is 3. The second kappa shape index (κ2) is 5.70. The number of carboxylic acids is 1. The van der Waals surface area contributed by atoms with Crippen LogP contribution in [0.15, 0.2) is 36.5 Å². The van der Waals surface area contributed by atoms with Gasteiger partial charge < -0.3 is 19.3 Å². The highest BCUT2D eigenvalue weighted by molar-refractivity contribution is 5.92. The molecular weight excluding hydrogens is 274 g/mol. The molecule has 0 bridgehead atoms. The molecule has 3 rings (SSSR count). The molecule has 0 fully saturated rings. The van der Waals surface area contributed by atoms with E-state index in [0.717, 1.165) is 5.69 Å². The zero-order valence-electron chi connectivity index (χ0n) is 11.1. The summed E-state index contributed by atoms with van der Waals surface area (Å²) in [7, 11) is 0. The molecule has 2 aromatic rings. The molecule has 0 aliphatic carbocycles. The molecule has 0 saturated carbocycles. The van der Waals surface area contributed by atoms with Crippen LogP contribution in [0.1, 0.15) is 16.1 Å². The van der Waals surface area contributed by atoms with Gasteiger partial charge in [-0.15, -0.1) is 0 Å². The van der Waals surface area contributed by atoms with Crippen LogP contribution in [0.2, 0.25) is 0 Å². The Labute approximate surface area is 120 Å². The number of fused-ring (bicyclic) bond motifs is 1. The molecule has 0 radical (unpaired) electrons. The minimum Gasteiger partial charge on any atom is -0.492 e. The molecule has 1 aromatic heterocycles. The average Bonchev–Trinajstić information content (AvgIpc) is 2.94. The molecule has 0 amide bonds. The fourth-order valence-electron chi connectivity index (χ4n) is 2.02. The van der Waals surface area contributed by atoms with Crippen molar-refractivity contribution in [3.8, 4) is 17.2 Å². The highest BCUT2D eigenvalue weighted by atomic mass is 16.7. The van der Waals surface area contributed by atoms with Crippen LogP contribution in [0.5, 0.6) is 17.2 Å². The van der Waals surface area contributed by atoms with Crippen LogP contribution >= 0.6 is 0 Å². The van der Waals surface area contributed by atoms with Gasteiger partial charge in [0.25, 0.3) is 0 Å². The molecule has 0 unspecified atom stereocenters. The maximum atomic E-state index is 11.3. The van der Waals surface area contributed by atoms with E-state index in [1.54, 1.807) is 12.3 Å². The number of benzene rings is 1. The predicted molar refractivity (Wildman–Crippen MR) is 73.0 cm³/mol. The van der Waals surface area contributed by atoms with E-state index in [9.17, 15) is 9.90 Å². The first-order valence-corrected chi connectivity index (χ1v) is 6.43. The Morgan fingerprint density at radius 1 is 1.29 bits per heavy atom. The number of aromatic nitrogens is 1. The highest BCUT2D eigenvalue weighted by Crippen LogP contribution is 2.38. The van der Waals surface area contributed by atoms with Crippen LogP contribution < -0.4 is 14.2 Å². The van der Waals surface area contributed by atoms with E-state index in [-0.39, 0.29) is 18.1 Å². The van der Waals surface area contributed by atoms with E-state index in [1.165, 1.54) is 6.07 Å². The molecule has 1 N–H and O–H groups in total. The Balaban J connectivity index is 1.74. The zero-order valence-corrected chi connectivity index (χ0v) is 11.1. The Morgan fingerprint density at radius 2 is 2.10 bits per heavy atom. The van der Waals surface area contributed by atoms with Crippen LogP contribution in [0.25, 0.3) is 0 Å². The standard InChI is InChI=1S/C15H13NO5/c17-15(18)11-7-13-14(21-9-20-13)8-12(11)19-6-4-10-3-1-2-5-16-10/h1-3,5,7-8H,4,6,9H2,(H,17,18). The van der Waals surface area contributed by atoms with Crippen molar-refractivity contribution in [3.05, 3.63) is 47.8 Å². The third-order valence-electron chi connectivity index (χ3n) is 3.05. The fraction of sp³-hybridized carbons (Fsp3) is 0.200. The van der Waals surface area contributed by atoms with Crippen molar-refractivity contribution in [3.63, 3.8) is 0 Å². The van der Waals surface area contributed by atoms with Gasteiger partial charge in [0.2, 0.25) is 6.79 Å². The molecule has 21 heavy (non-hydrogen) atoms. The summed E-state index contributed by atoms with van der Waals surface area (Å²) >= 11 is 0. The summed E-state index contributed by atoms with van der Waals surface area (Å²) in [5, 5.41) is 9.22. The number of pyridine rings is 1. The number of carbonyl (C=O) groups is 1. The minimum absolute atomic E-state index is 0.0558. The largest absolute Gasteiger partial charge is 0.492 e. The third-order valence-corrected chi connectivity index (χ3v) is 3.05. The van der Waals surface area contributed by atoms with E-state index in [4.69, 9.17) is 14.2 Å². The molecule has 1 aliphatic heterocycles. The summed E-state index contributed by atoms with van der Waals surface area (Å²) in [6.45, 7) is 0.419. The first-order chi connectivity index (χ1) is 10.2. The second-order valence-electron chi connectivity index (χ2n) is 4.43. The fourth-order valence-corrected chi connectivity index (χ4v) is 2.02. The van der Waals surface area contributed by atoms with Gasteiger partial charge >= 0.3 is 5.97 Å². The first kappa shape index (κ1) is 13.2. The van der Waals surface area contributed by atoms with Crippen molar-refractivity contribution in [2.45, 2.75) is 6.42 Å². The van der Waals surface area contributed by atoms with Gasteiger partial charge in [0.1, 0.15) is 11.3 Å². The van der Waals surface area contributed by atoms with Crippen LogP contribution in [0, 0.1) is 0 Å². The number of aromatic carboxylic acids is 1. The van der Waals surface area contributed by atoms with E-state index in [1.807, 2.05) is 18.2 Å². The van der Waals surface area contributed by atoms with E-state index >= 15 is 0 Å². The summed E-state index contributed by atoms with van der Waals surface area (Å²) < 4.78 is 16.0. The normalized spacial score (nSPS) is 12.2. The van der Waals surface area contributed by atoms with Crippen LogP contribution in [0.3, 0.4) is 0 Å². The van der Waals surface area contributed by atoms with Gasteiger partial charge in [-0.2, -0.15) is 0 Å². The molecular formula is C15H13NO5. The summed E-state index contributed by atoms with van der Waals surface area (Å²) in [6.07, 6.45) is 2.30. The lowest BCUT2D eigenvalue weighted by Crippen LogP contribution is -2.07. The van der Waals surface area contributed by atoms with Crippen LogP contribution in [-0.4, -0.2) is 29.5 Å². The predicted octanol–water partition coefficient (Wildman–Crippen LogP) is 2.13. The third kappa shape index (κ3) is 2.89. The maximum absolute atomic E-state index is 11.3. The van der Waals surface area contributed by atoms with Gasteiger partial charge in [0.05, 0.1) is 6.61 Å². The second-order valence-corrected chi connectivity index (χ2v) is 4.43. The van der Waals surface area contributed by atoms with Gasteiger partial charge in [-0.05, 0) is 12.1 Å². The smallest absolute Gasteiger partial charge is 0.339 e. The lowest BCUT2D eigenvalue weighted by molar-refractivity contribution is 0.0692. The van der Waals surface area contributed by atoms with Gasteiger partial charge in [0.15, 0.2) is 11.5 Å². The van der Waals surface area contributed by atoms with Gasteiger partial charge in [0, 0.05) is 30.4 Å². The van der Waals surface area contributed by atoms with Crippen molar-refractivity contribution < 1.29 is 24.1 Å². The highest BCUT2D eigenvalue weighted by Gasteiger charge is 2.21. The molecule has 6 nitrogen and oxygen atoms in total. The lowest BCUT2D eigenvalue weighted by Gasteiger charge is -2.10. The lowest BCUT2D eigenvalue weighted by atomic mass is 10.1. The van der Waals surface area contributed by atoms with Gasteiger partial charge in [-0.25, -0.2) is 4.79 Å². The number of hydrogen-bond donors (Lipinski definition) is 1. The molecule has 2 heterocycles. The van der Waals surface area contributed by atoms with Crippen molar-refractivity contribution in [1.29, 1.82) is 0 Å². The molecule has 0 atom stereocenters. The first-order valence-electron chi connectivity index (χ1n) is 6.43. The van der Waals surface area contributed by atoms with Gasteiger partial charge in [-0.1, -0.05) is 6.07 Å². The van der Waals surface area contributed by atoms with Crippen LogP contribution in [-0.2, 0) is 6.42 Å². The van der Waals surface area contributed by atoms with Crippen molar-refractivity contribution in [2.75, 3.05) is 13.4 Å². The summed E-state index contributed by atoms with van der Waals surface area (Å²) in [4.78, 5) is 15.5. The number of carboxylic acid groups (broad SMARTS) is 1. The monoisotopic (exact) mass is 287 g/mol. The maximum Gasteiger partial charge on any atom is 0.339 e. The zero-order chi connectivity index (χ0) is 14.7. The van der Waals surface area contributed by atoms with E-state index in [2.05, 4.69) is 4.98 Å². The Hall–Kier alpha value is -2.76. The summed E-state index contributed by atoms with van der Waals surface area (Å²) in [6, 6.07) is 8.59. The Kier molecular flexibility index (Phi) is 3.59. The SMILES string of the molecule is O=C(O)c1cc2c(cc1OCCc1ccccn1)OCO2. The Morgan fingerprint density at radius 3 is 2.81 bits per heavy atom. The average molecular weight is 287 g/mol. The molecule has 1 aromatic carbocycles. The topological polar surface area (TPSA) is 77.9 Å². The minimum atomic E-state index is -1.07. The van der Waals surface area contributed by atoms with Crippen molar-refractivity contribution >= 4 is 5.97 Å². The number of rotatable bonds is 5. The molecule has 108 valence electrons. The van der Waals surface area contributed by atoms with E-state index in [0.29, 0.717) is 24.5 Å². The molecule has 6 heteroatoms. The quantitative estimate of drug-likeness (QED) is 0.907.